The standard InChI is InChI=1S/C20H20ClN3OS/c1-14-20(15(2)24(23-14)18-6-4-3-5-7-18)22-19(25)13-26-12-16-8-10-17(21)11-9-16/h3-11H,12-13H2,1-2H3,(H,22,25). The van der Waals surface area contributed by atoms with Crippen molar-refractivity contribution in [2.75, 3.05) is 11.1 Å². The van der Waals surface area contributed by atoms with Gasteiger partial charge in [0, 0.05) is 10.8 Å². The number of thioether (sulfide) groups is 1. The molecule has 0 aliphatic heterocycles. The summed E-state index contributed by atoms with van der Waals surface area (Å²) < 4.78 is 1.85. The quantitative estimate of drug-likeness (QED) is 0.648. The summed E-state index contributed by atoms with van der Waals surface area (Å²) in [5.41, 5.74) is 4.64. The van der Waals surface area contributed by atoms with E-state index in [-0.39, 0.29) is 5.91 Å². The van der Waals surface area contributed by atoms with E-state index in [1.807, 2.05) is 73.1 Å². The summed E-state index contributed by atoms with van der Waals surface area (Å²) >= 11 is 7.46. The van der Waals surface area contributed by atoms with E-state index in [4.69, 9.17) is 11.6 Å². The van der Waals surface area contributed by atoms with Gasteiger partial charge in [0.25, 0.3) is 0 Å². The largest absolute Gasteiger partial charge is 0.322 e. The molecule has 3 aromatic rings. The lowest BCUT2D eigenvalue weighted by Crippen LogP contribution is -2.15. The Labute approximate surface area is 162 Å². The fraction of sp³-hybridized carbons (Fsp3) is 0.200. The first-order valence-electron chi connectivity index (χ1n) is 8.28. The number of carbonyl (C=O) groups excluding carboxylic acids is 1. The van der Waals surface area contributed by atoms with Crippen molar-refractivity contribution in [2.24, 2.45) is 0 Å². The molecule has 0 spiro atoms. The number of rotatable bonds is 6. The predicted molar refractivity (Wildman–Crippen MR) is 109 cm³/mol. The van der Waals surface area contributed by atoms with E-state index in [0.29, 0.717) is 5.75 Å². The van der Waals surface area contributed by atoms with Crippen LogP contribution in [0.25, 0.3) is 5.69 Å². The van der Waals surface area contributed by atoms with Crippen molar-refractivity contribution in [2.45, 2.75) is 19.6 Å². The zero-order chi connectivity index (χ0) is 18.5. The molecular weight excluding hydrogens is 366 g/mol. The molecule has 2 aromatic carbocycles. The topological polar surface area (TPSA) is 46.9 Å². The molecule has 26 heavy (non-hydrogen) atoms. The number of hydrogen-bond acceptors (Lipinski definition) is 3. The van der Waals surface area contributed by atoms with Gasteiger partial charge in [0.2, 0.25) is 5.91 Å². The van der Waals surface area contributed by atoms with Gasteiger partial charge in [-0.1, -0.05) is 41.9 Å². The molecule has 4 nitrogen and oxygen atoms in total. The highest BCUT2D eigenvalue weighted by atomic mass is 35.5. The molecule has 0 atom stereocenters. The van der Waals surface area contributed by atoms with Crippen molar-refractivity contribution in [3.8, 4) is 5.69 Å². The minimum atomic E-state index is -0.0252. The van der Waals surface area contributed by atoms with Crippen LogP contribution in [0.1, 0.15) is 17.0 Å². The highest BCUT2D eigenvalue weighted by Gasteiger charge is 2.15. The summed E-state index contributed by atoms with van der Waals surface area (Å²) in [5.74, 6) is 1.13. The fourth-order valence-electron chi connectivity index (χ4n) is 2.66. The van der Waals surface area contributed by atoms with E-state index in [9.17, 15) is 4.79 Å². The van der Waals surface area contributed by atoms with Crippen molar-refractivity contribution in [3.63, 3.8) is 0 Å². The molecule has 134 valence electrons. The molecule has 1 amide bonds. The second-order valence-electron chi connectivity index (χ2n) is 5.96. The van der Waals surface area contributed by atoms with Crippen LogP contribution in [-0.2, 0) is 10.5 Å². The van der Waals surface area contributed by atoms with E-state index in [1.54, 1.807) is 11.8 Å². The SMILES string of the molecule is Cc1nn(-c2ccccc2)c(C)c1NC(=O)CSCc1ccc(Cl)cc1. The van der Waals surface area contributed by atoms with Gasteiger partial charge < -0.3 is 5.32 Å². The minimum absolute atomic E-state index is 0.0252. The maximum atomic E-state index is 12.3. The second kappa shape index (κ2) is 8.43. The van der Waals surface area contributed by atoms with E-state index >= 15 is 0 Å². The number of carbonyl (C=O) groups is 1. The Balaban J connectivity index is 1.61. The molecule has 0 bridgehead atoms. The number of nitrogens with zero attached hydrogens (tertiary/aromatic N) is 2. The number of halogens is 1. The summed E-state index contributed by atoms with van der Waals surface area (Å²) in [6.07, 6.45) is 0. The third kappa shape index (κ3) is 4.48. The molecular formula is C20H20ClN3OS. The van der Waals surface area contributed by atoms with Crippen molar-refractivity contribution in [1.29, 1.82) is 0 Å². The summed E-state index contributed by atoms with van der Waals surface area (Å²) in [7, 11) is 0. The zero-order valence-electron chi connectivity index (χ0n) is 14.7. The Morgan fingerprint density at radius 3 is 2.50 bits per heavy atom. The Morgan fingerprint density at radius 1 is 1.12 bits per heavy atom. The van der Waals surface area contributed by atoms with Gasteiger partial charge in [-0.15, -0.1) is 11.8 Å². The van der Waals surface area contributed by atoms with Crippen LogP contribution < -0.4 is 5.32 Å². The molecule has 0 unspecified atom stereocenters. The average Bonchev–Trinajstić information content (AvgIpc) is 2.92. The highest BCUT2D eigenvalue weighted by Crippen LogP contribution is 2.23. The lowest BCUT2D eigenvalue weighted by Gasteiger charge is -2.07. The number of amides is 1. The van der Waals surface area contributed by atoms with Crippen LogP contribution in [-0.4, -0.2) is 21.4 Å². The molecule has 0 saturated carbocycles. The molecule has 1 aromatic heterocycles. The first-order chi connectivity index (χ1) is 12.5. The number of para-hydroxylation sites is 1. The van der Waals surface area contributed by atoms with Gasteiger partial charge >= 0.3 is 0 Å². The maximum Gasteiger partial charge on any atom is 0.234 e. The summed E-state index contributed by atoms with van der Waals surface area (Å²) in [6.45, 7) is 3.87. The van der Waals surface area contributed by atoms with Crippen LogP contribution in [0.5, 0.6) is 0 Å². The molecule has 1 heterocycles. The Bertz CT molecular complexity index is 891. The van der Waals surface area contributed by atoms with Crippen molar-refractivity contribution in [1.82, 2.24) is 9.78 Å². The van der Waals surface area contributed by atoms with Crippen LogP contribution >= 0.6 is 23.4 Å². The molecule has 0 saturated heterocycles. The summed E-state index contributed by atoms with van der Waals surface area (Å²) in [4.78, 5) is 12.3. The number of benzene rings is 2. The van der Waals surface area contributed by atoms with Gasteiger partial charge in [-0.3, -0.25) is 4.79 Å². The first kappa shape index (κ1) is 18.5. The van der Waals surface area contributed by atoms with Gasteiger partial charge in [0.15, 0.2) is 0 Å². The van der Waals surface area contributed by atoms with E-state index in [2.05, 4.69) is 10.4 Å². The summed E-state index contributed by atoms with van der Waals surface area (Å²) in [5, 5.41) is 8.27. The molecule has 0 radical (unpaired) electrons. The van der Waals surface area contributed by atoms with E-state index in [0.717, 1.165) is 39.1 Å². The van der Waals surface area contributed by atoms with Gasteiger partial charge in [-0.2, -0.15) is 5.10 Å². The number of nitrogens with one attached hydrogen (secondary N) is 1. The first-order valence-corrected chi connectivity index (χ1v) is 9.81. The smallest absolute Gasteiger partial charge is 0.234 e. The highest BCUT2D eigenvalue weighted by molar-refractivity contribution is 7.99. The Morgan fingerprint density at radius 2 is 1.81 bits per heavy atom. The number of hydrogen-bond donors (Lipinski definition) is 1. The molecule has 1 N–H and O–H groups in total. The van der Waals surface area contributed by atoms with Crippen molar-refractivity contribution < 1.29 is 4.79 Å². The normalized spacial score (nSPS) is 10.7. The fourth-order valence-corrected chi connectivity index (χ4v) is 3.58. The monoisotopic (exact) mass is 385 g/mol. The van der Waals surface area contributed by atoms with Crippen molar-refractivity contribution in [3.05, 3.63) is 76.6 Å². The van der Waals surface area contributed by atoms with Crippen LogP contribution in [0.4, 0.5) is 5.69 Å². The van der Waals surface area contributed by atoms with Gasteiger partial charge in [-0.05, 0) is 43.7 Å². The van der Waals surface area contributed by atoms with Crippen LogP contribution in [0, 0.1) is 13.8 Å². The molecule has 0 aliphatic rings. The molecule has 3 rings (SSSR count). The van der Waals surface area contributed by atoms with Gasteiger partial charge in [-0.25, -0.2) is 4.68 Å². The molecule has 0 aliphatic carbocycles. The van der Waals surface area contributed by atoms with E-state index < -0.39 is 0 Å². The van der Waals surface area contributed by atoms with Gasteiger partial charge in [0.05, 0.1) is 28.5 Å². The van der Waals surface area contributed by atoms with Crippen LogP contribution in [0.3, 0.4) is 0 Å². The summed E-state index contributed by atoms with van der Waals surface area (Å²) in [6, 6.07) is 17.6. The molecule has 0 fully saturated rings. The predicted octanol–water partition coefficient (Wildman–Crippen LogP) is 5.01. The molecule has 6 heteroatoms. The number of aryl methyl sites for hydroxylation is 1. The Hall–Kier alpha value is -2.24. The van der Waals surface area contributed by atoms with Crippen LogP contribution in [0.2, 0.25) is 5.02 Å². The number of aromatic nitrogens is 2. The third-order valence-electron chi connectivity index (χ3n) is 3.97. The van der Waals surface area contributed by atoms with Gasteiger partial charge in [0.1, 0.15) is 0 Å². The number of anilines is 1. The lowest BCUT2D eigenvalue weighted by atomic mass is 10.2. The van der Waals surface area contributed by atoms with Crippen LogP contribution in [0.15, 0.2) is 54.6 Å². The van der Waals surface area contributed by atoms with E-state index in [1.165, 1.54) is 0 Å². The minimum Gasteiger partial charge on any atom is -0.322 e. The zero-order valence-corrected chi connectivity index (χ0v) is 16.3. The third-order valence-corrected chi connectivity index (χ3v) is 5.23. The average molecular weight is 386 g/mol. The lowest BCUT2D eigenvalue weighted by molar-refractivity contribution is -0.113. The maximum absolute atomic E-state index is 12.3. The van der Waals surface area contributed by atoms with Crippen molar-refractivity contribution >= 4 is 35.0 Å². The second-order valence-corrected chi connectivity index (χ2v) is 7.38. The Kier molecular flexibility index (Phi) is 6.01.